The largest absolute Gasteiger partial charge is 0.390 e. The second-order valence-electron chi connectivity index (χ2n) is 7.99. The average molecular weight is 335 g/mol. The Morgan fingerprint density at radius 2 is 1.24 bits per heavy atom. The molecule has 2 aromatic rings. The molecule has 0 bridgehead atoms. The summed E-state index contributed by atoms with van der Waals surface area (Å²) in [6.45, 7) is 1.98. The van der Waals surface area contributed by atoms with Gasteiger partial charge < -0.3 is 5.11 Å². The molecule has 0 atom stereocenters. The lowest BCUT2D eigenvalue weighted by Crippen LogP contribution is -2.44. The summed E-state index contributed by atoms with van der Waals surface area (Å²) in [6, 6.07) is 22.1. The molecule has 4 rings (SSSR count). The molecule has 132 valence electrons. The summed E-state index contributed by atoms with van der Waals surface area (Å²) in [6.07, 6.45) is 6.65. The fraction of sp³-hybridized carbons (Fsp3) is 0.478. The molecule has 0 heterocycles. The Morgan fingerprint density at radius 3 is 1.68 bits per heavy atom. The highest BCUT2D eigenvalue weighted by atomic mass is 16.3. The van der Waals surface area contributed by atoms with Crippen LogP contribution >= 0.6 is 0 Å². The van der Waals surface area contributed by atoms with Crippen molar-refractivity contribution in [1.29, 1.82) is 0 Å². The minimum atomic E-state index is -0.359. The van der Waals surface area contributed by atoms with Gasteiger partial charge in [0, 0.05) is 19.1 Å². The van der Waals surface area contributed by atoms with Crippen LogP contribution in [0.3, 0.4) is 0 Å². The molecular formula is C23H29NO. The first-order chi connectivity index (χ1) is 12.2. The fourth-order valence-corrected chi connectivity index (χ4v) is 4.45. The summed E-state index contributed by atoms with van der Waals surface area (Å²) in [5, 5.41) is 10.9. The van der Waals surface area contributed by atoms with E-state index in [1.54, 1.807) is 0 Å². The van der Waals surface area contributed by atoms with Gasteiger partial charge >= 0.3 is 0 Å². The monoisotopic (exact) mass is 335 g/mol. The first-order valence-electron chi connectivity index (χ1n) is 9.77. The highest BCUT2D eigenvalue weighted by Gasteiger charge is 2.46. The maximum atomic E-state index is 10.9. The molecule has 0 aliphatic heterocycles. The SMILES string of the molecule is OC1(C2CC2)CCC(N(Cc2ccccc2)Cc2ccccc2)CC1. The van der Waals surface area contributed by atoms with E-state index in [0.29, 0.717) is 12.0 Å². The van der Waals surface area contributed by atoms with Crippen LogP contribution in [0.4, 0.5) is 0 Å². The van der Waals surface area contributed by atoms with Gasteiger partial charge in [0.25, 0.3) is 0 Å². The van der Waals surface area contributed by atoms with Crippen molar-refractivity contribution < 1.29 is 5.11 Å². The van der Waals surface area contributed by atoms with Gasteiger partial charge in [-0.05, 0) is 55.6 Å². The quantitative estimate of drug-likeness (QED) is 0.822. The van der Waals surface area contributed by atoms with Gasteiger partial charge in [-0.1, -0.05) is 60.7 Å². The number of hydrogen-bond acceptors (Lipinski definition) is 2. The molecule has 2 heteroatoms. The molecule has 2 nitrogen and oxygen atoms in total. The molecule has 0 saturated heterocycles. The molecule has 1 N–H and O–H groups in total. The molecule has 2 aliphatic rings. The lowest BCUT2D eigenvalue weighted by molar-refractivity contribution is -0.0401. The molecular weight excluding hydrogens is 306 g/mol. The van der Waals surface area contributed by atoms with Crippen LogP contribution in [0, 0.1) is 5.92 Å². The number of benzene rings is 2. The zero-order chi connectivity index (χ0) is 17.1. The molecule has 2 fully saturated rings. The molecule has 25 heavy (non-hydrogen) atoms. The van der Waals surface area contributed by atoms with Crippen molar-refractivity contribution in [3.05, 3.63) is 71.8 Å². The summed E-state index contributed by atoms with van der Waals surface area (Å²) in [7, 11) is 0. The van der Waals surface area contributed by atoms with Crippen molar-refractivity contribution >= 4 is 0 Å². The molecule has 0 aromatic heterocycles. The molecule has 2 saturated carbocycles. The van der Waals surface area contributed by atoms with Gasteiger partial charge in [-0.3, -0.25) is 4.90 Å². The highest BCUT2D eigenvalue weighted by molar-refractivity contribution is 5.17. The minimum absolute atomic E-state index is 0.359. The van der Waals surface area contributed by atoms with Gasteiger partial charge in [0.15, 0.2) is 0 Å². The summed E-state index contributed by atoms with van der Waals surface area (Å²) in [5.74, 6) is 0.588. The van der Waals surface area contributed by atoms with Crippen LogP contribution in [0.5, 0.6) is 0 Å². The third-order valence-electron chi connectivity index (χ3n) is 6.13. The Hall–Kier alpha value is -1.64. The topological polar surface area (TPSA) is 23.5 Å². The second kappa shape index (κ2) is 7.31. The van der Waals surface area contributed by atoms with E-state index >= 15 is 0 Å². The maximum absolute atomic E-state index is 10.9. The Balaban J connectivity index is 1.47. The van der Waals surface area contributed by atoms with Gasteiger partial charge in [0.1, 0.15) is 0 Å². The summed E-state index contributed by atoms with van der Waals surface area (Å²) >= 11 is 0. The molecule has 2 aliphatic carbocycles. The van der Waals surface area contributed by atoms with Crippen LogP contribution in [0.1, 0.15) is 49.7 Å². The van der Waals surface area contributed by atoms with E-state index in [1.165, 1.54) is 24.0 Å². The van der Waals surface area contributed by atoms with Gasteiger partial charge in [0.05, 0.1) is 5.60 Å². The molecule has 0 spiro atoms. The number of aliphatic hydroxyl groups is 1. The summed E-state index contributed by atoms with van der Waals surface area (Å²) in [5.41, 5.74) is 2.39. The first-order valence-corrected chi connectivity index (χ1v) is 9.77. The van der Waals surface area contributed by atoms with Crippen LogP contribution in [0.15, 0.2) is 60.7 Å². The maximum Gasteiger partial charge on any atom is 0.0677 e. The van der Waals surface area contributed by atoms with E-state index in [0.717, 1.165) is 38.8 Å². The van der Waals surface area contributed by atoms with Crippen LogP contribution in [-0.4, -0.2) is 21.6 Å². The molecule has 0 unspecified atom stereocenters. The van der Waals surface area contributed by atoms with Crippen molar-refractivity contribution in [2.24, 2.45) is 5.92 Å². The Morgan fingerprint density at radius 1 is 0.760 bits per heavy atom. The second-order valence-corrected chi connectivity index (χ2v) is 7.99. The first kappa shape index (κ1) is 16.8. The normalized spacial score (nSPS) is 26.7. The van der Waals surface area contributed by atoms with Crippen molar-refractivity contribution in [1.82, 2.24) is 4.90 Å². The van der Waals surface area contributed by atoms with Crippen LogP contribution in [0.2, 0.25) is 0 Å². The highest BCUT2D eigenvalue weighted by Crippen LogP contribution is 2.47. The van der Waals surface area contributed by atoms with E-state index in [-0.39, 0.29) is 5.60 Å². The van der Waals surface area contributed by atoms with Crippen molar-refractivity contribution in [3.8, 4) is 0 Å². The predicted molar refractivity (Wildman–Crippen MR) is 102 cm³/mol. The van der Waals surface area contributed by atoms with E-state index in [9.17, 15) is 5.11 Å². The number of nitrogens with zero attached hydrogens (tertiary/aromatic N) is 1. The zero-order valence-electron chi connectivity index (χ0n) is 15.0. The molecule has 2 aromatic carbocycles. The van der Waals surface area contributed by atoms with Gasteiger partial charge in [-0.2, -0.15) is 0 Å². The van der Waals surface area contributed by atoms with Crippen molar-refractivity contribution in [2.75, 3.05) is 0 Å². The van der Waals surface area contributed by atoms with E-state index in [2.05, 4.69) is 65.6 Å². The van der Waals surface area contributed by atoms with E-state index in [4.69, 9.17) is 0 Å². The third kappa shape index (κ3) is 4.13. The third-order valence-corrected chi connectivity index (χ3v) is 6.13. The predicted octanol–water partition coefficient (Wildman–Crippen LogP) is 4.77. The van der Waals surface area contributed by atoms with Crippen molar-refractivity contribution in [3.63, 3.8) is 0 Å². The van der Waals surface area contributed by atoms with Crippen LogP contribution in [-0.2, 0) is 13.1 Å². The van der Waals surface area contributed by atoms with Crippen molar-refractivity contribution in [2.45, 2.75) is 63.3 Å². The van der Waals surface area contributed by atoms with Gasteiger partial charge in [-0.25, -0.2) is 0 Å². The average Bonchev–Trinajstić information content (AvgIpc) is 3.49. The summed E-state index contributed by atoms with van der Waals surface area (Å²) in [4.78, 5) is 2.62. The zero-order valence-corrected chi connectivity index (χ0v) is 15.0. The van der Waals surface area contributed by atoms with E-state index in [1.807, 2.05) is 0 Å². The minimum Gasteiger partial charge on any atom is -0.390 e. The summed E-state index contributed by atoms with van der Waals surface area (Å²) < 4.78 is 0. The van der Waals surface area contributed by atoms with Gasteiger partial charge in [-0.15, -0.1) is 0 Å². The molecule has 0 amide bonds. The van der Waals surface area contributed by atoms with Crippen LogP contribution in [0.25, 0.3) is 0 Å². The molecule has 0 radical (unpaired) electrons. The van der Waals surface area contributed by atoms with Crippen LogP contribution < -0.4 is 0 Å². The smallest absolute Gasteiger partial charge is 0.0677 e. The fourth-order valence-electron chi connectivity index (χ4n) is 4.45. The standard InChI is InChI=1S/C23H29NO/c25-23(21-11-12-21)15-13-22(14-16-23)24(17-19-7-3-1-4-8-19)18-20-9-5-2-6-10-20/h1-10,21-22,25H,11-18H2. The van der Waals surface area contributed by atoms with Gasteiger partial charge in [0.2, 0.25) is 0 Å². The van der Waals surface area contributed by atoms with E-state index < -0.39 is 0 Å². The number of rotatable bonds is 6. The number of hydrogen-bond donors (Lipinski definition) is 1. The lowest BCUT2D eigenvalue weighted by Gasteiger charge is -2.41. The Bertz CT molecular complexity index is 616. The Kier molecular flexibility index (Phi) is 4.91. The Labute approximate surface area is 151 Å². The lowest BCUT2D eigenvalue weighted by atomic mass is 9.78.